The van der Waals surface area contributed by atoms with Crippen LogP contribution in [-0.2, 0) is 17.8 Å². The molecule has 0 spiro atoms. The van der Waals surface area contributed by atoms with Crippen LogP contribution >= 0.6 is 0 Å². The van der Waals surface area contributed by atoms with E-state index in [0.29, 0.717) is 46.8 Å². The third-order valence-corrected chi connectivity index (χ3v) is 6.15. The van der Waals surface area contributed by atoms with E-state index in [1.807, 2.05) is 24.3 Å². The highest BCUT2D eigenvalue weighted by molar-refractivity contribution is 5.68. The van der Waals surface area contributed by atoms with Crippen LogP contribution in [0.25, 0.3) is 11.3 Å². The Bertz CT molecular complexity index is 1150. The van der Waals surface area contributed by atoms with Crippen molar-refractivity contribution in [1.29, 1.82) is 0 Å². The first-order valence-corrected chi connectivity index (χ1v) is 11.6. The second-order valence-corrected chi connectivity index (χ2v) is 9.28. The molecule has 2 aromatic carbocycles. The first-order valence-electron chi connectivity index (χ1n) is 11.6. The Balaban J connectivity index is 1.57. The molecule has 180 valence electrons. The highest BCUT2D eigenvalue weighted by Crippen LogP contribution is 2.45. The zero-order chi connectivity index (χ0) is 24.2. The number of hydrogen-bond donors (Lipinski definition) is 1. The Morgan fingerprint density at radius 3 is 2.68 bits per heavy atom. The largest absolute Gasteiger partial charge is 0.497 e. The molecular weight excluding hydrogens is 437 g/mol. The molecule has 1 aliphatic carbocycles. The van der Waals surface area contributed by atoms with Gasteiger partial charge in [0, 0.05) is 5.56 Å². The number of carboxylic acids is 1. The predicted molar refractivity (Wildman–Crippen MR) is 125 cm³/mol. The van der Waals surface area contributed by atoms with Crippen LogP contribution < -0.4 is 9.47 Å². The Labute approximate surface area is 198 Å². The van der Waals surface area contributed by atoms with E-state index in [-0.39, 0.29) is 18.9 Å². The second kappa shape index (κ2) is 10.3. The standard InChI is InChI=1S/C27H30FNO5/c1-16(2)11-23-25(29-34-27(23)22-13-19(32-3)9-10-24(22)28)15-33-20-6-4-5-18(12-20)21(14-26(30)31)17-7-8-17/h4-6,9-10,12-13,16-17,21H,7-8,11,14-15H2,1-3H3,(H,30,31)/t21-/m0/s1. The van der Waals surface area contributed by atoms with E-state index in [1.165, 1.54) is 13.2 Å². The summed E-state index contributed by atoms with van der Waals surface area (Å²) in [4.78, 5) is 11.3. The molecule has 1 heterocycles. The maximum atomic E-state index is 14.6. The van der Waals surface area contributed by atoms with Gasteiger partial charge in [-0.15, -0.1) is 0 Å². The Kier molecular flexibility index (Phi) is 7.20. The summed E-state index contributed by atoms with van der Waals surface area (Å²) < 4.78 is 31.5. The van der Waals surface area contributed by atoms with Gasteiger partial charge in [-0.25, -0.2) is 4.39 Å². The van der Waals surface area contributed by atoms with Crippen molar-refractivity contribution in [2.75, 3.05) is 7.11 Å². The summed E-state index contributed by atoms with van der Waals surface area (Å²) in [5, 5.41) is 13.5. The molecule has 1 aliphatic rings. The van der Waals surface area contributed by atoms with Gasteiger partial charge in [0.15, 0.2) is 5.76 Å². The molecule has 0 saturated heterocycles. The average Bonchev–Trinajstić information content (AvgIpc) is 3.58. The van der Waals surface area contributed by atoms with Crippen LogP contribution in [0.5, 0.6) is 11.5 Å². The van der Waals surface area contributed by atoms with Crippen LogP contribution in [-0.4, -0.2) is 23.3 Å². The van der Waals surface area contributed by atoms with Crippen LogP contribution in [0.2, 0.25) is 0 Å². The van der Waals surface area contributed by atoms with Crippen LogP contribution in [0.1, 0.15) is 55.8 Å². The summed E-state index contributed by atoms with van der Waals surface area (Å²) in [6, 6.07) is 12.1. The highest BCUT2D eigenvalue weighted by Gasteiger charge is 2.34. The minimum absolute atomic E-state index is 0.00718. The van der Waals surface area contributed by atoms with Gasteiger partial charge in [-0.05, 0) is 72.9 Å². The lowest BCUT2D eigenvalue weighted by Gasteiger charge is -2.16. The number of halogens is 1. The summed E-state index contributed by atoms with van der Waals surface area (Å²) in [6.45, 7) is 4.31. The molecule has 1 atom stereocenters. The molecule has 1 aromatic heterocycles. The molecule has 0 aliphatic heterocycles. The van der Waals surface area contributed by atoms with Gasteiger partial charge in [0.05, 0.1) is 19.1 Å². The van der Waals surface area contributed by atoms with E-state index in [4.69, 9.17) is 14.0 Å². The molecule has 0 amide bonds. The average molecular weight is 468 g/mol. The molecule has 1 fully saturated rings. The van der Waals surface area contributed by atoms with Crippen molar-refractivity contribution in [2.24, 2.45) is 11.8 Å². The molecule has 4 rings (SSSR count). The first-order chi connectivity index (χ1) is 16.4. The van der Waals surface area contributed by atoms with Crippen LogP contribution in [0.15, 0.2) is 47.0 Å². The number of carboxylic acid groups (broad SMARTS) is 1. The van der Waals surface area contributed by atoms with Gasteiger partial charge in [0.1, 0.15) is 29.6 Å². The lowest BCUT2D eigenvalue weighted by molar-refractivity contribution is -0.137. The van der Waals surface area contributed by atoms with Gasteiger partial charge >= 0.3 is 5.97 Å². The lowest BCUT2D eigenvalue weighted by Crippen LogP contribution is -2.09. The van der Waals surface area contributed by atoms with E-state index in [2.05, 4.69) is 19.0 Å². The smallest absolute Gasteiger partial charge is 0.303 e. The monoisotopic (exact) mass is 467 g/mol. The SMILES string of the molecule is COc1ccc(F)c(-c2onc(COc3cccc([C@@H](CC(=O)O)C4CC4)c3)c2CC(C)C)c1. The number of aliphatic carboxylic acids is 1. The molecule has 1 N–H and O–H groups in total. The first kappa shape index (κ1) is 23.8. The Morgan fingerprint density at radius 1 is 1.21 bits per heavy atom. The van der Waals surface area contributed by atoms with Crippen molar-refractivity contribution >= 4 is 5.97 Å². The Hall–Kier alpha value is -3.35. The number of benzene rings is 2. The number of rotatable bonds is 11. The highest BCUT2D eigenvalue weighted by atomic mass is 19.1. The number of carbonyl (C=O) groups is 1. The minimum atomic E-state index is -0.790. The van der Waals surface area contributed by atoms with E-state index in [0.717, 1.165) is 24.0 Å². The van der Waals surface area contributed by atoms with Crippen molar-refractivity contribution in [3.8, 4) is 22.8 Å². The molecule has 6 nitrogen and oxygen atoms in total. The third-order valence-electron chi connectivity index (χ3n) is 6.15. The number of ether oxygens (including phenoxy) is 2. The van der Waals surface area contributed by atoms with Gasteiger partial charge in [-0.1, -0.05) is 31.1 Å². The van der Waals surface area contributed by atoms with Gasteiger partial charge in [0.25, 0.3) is 0 Å². The quantitative estimate of drug-likeness (QED) is 0.360. The maximum Gasteiger partial charge on any atom is 0.303 e. The van der Waals surface area contributed by atoms with E-state index in [1.54, 1.807) is 12.1 Å². The number of hydrogen-bond acceptors (Lipinski definition) is 5. The zero-order valence-electron chi connectivity index (χ0n) is 19.7. The predicted octanol–water partition coefficient (Wildman–Crippen LogP) is 6.24. The minimum Gasteiger partial charge on any atom is -0.497 e. The summed E-state index contributed by atoms with van der Waals surface area (Å²) in [5.74, 6) is 1.06. The maximum absolute atomic E-state index is 14.6. The molecule has 0 radical (unpaired) electrons. The lowest BCUT2D eigenvalue weighted by atomic mass is 9.91. The molecular formula is C27H30FNO5. The van der Waals surface area contributed by atoms with Gasteiger partial charge in [0.2, 0.25) is 0 Å². The Morgan fingerprint density at radius 2 is 2.00 bits per heavy atom. The fraction of sp³-hybridized carbons (Fsp3) is 0.407. The fourth-order valence-electron chi connectivity index (χ4n) is 4.32. The van der Waals surface area contributed by atoms with Crippen molar-refractivity contribution in [3.05, 3.63) is 65.1 Å². The third kappa shape index (κ3) is 5.58. The molecule has 7 heteroatoms. The van der Waals surface area contributed by atoms with E-state index >= 15 is 0 Å². The topological polar surface area (TPSA) is 81.8 Å². The summed E-state index contributed by atoms with van der Waals surface area (Å²) in [6.07, 6.45) is 2.89. The second-order valence-electron chi connectivity index (χ2n) is 9.28. The normalized spacial score (nSPS) is 14.3. The van der Waals surface area contributed by atoms with Crippen molar-refractivity contribution in [1.82, 2.24) is 5.16 Å². The number of methoxy groups -OCH3 is 1. The van der Waals surface area contributed by atoms with Crippen LogP contribution in [0.3, 0.4) is 0 Å². The molecule has 34 heavy (non-hydrogen) atoms. The van der Waals surface area contributed by atoms with Gasteiger partial charge in [-0.3, -0.25) is 4.79 Å². The molecule has 0 unspecified atom stereocenters. The van der Waals surface area contributed by atoms with Crippen molar-refractivity contribution in [2.45, 2.75) is 52.1 Å². The molecule has 3 aromatic rings. The summed E-state index contributed by atoms with van der Waals surface area (Å²) in [7, 11) is 1.53. The van der Waals surface area contributed by atoms with Crippen LogP contribution in [0, 0.1) is 17.7 Å². The van der Waals surface area contributed by atoms with Crippen LogP contribution in [0.4, 0.5) is 4.39 Å². The zero-order valence-corrected chi connectivity index (χ0v) is 19.7. The molecule has 1 saturated carbocycles. The fourth-order valence-corrected chi connectivity index (χ4v) is 4.32. The van der Waals surface area contributed by atoms with Gasteiger partial charge < -0.3 is 19.1 Å². The van der Waals surface area contributed by atoms with E-state index in [9.17, 15) is 14.3 Å². The molecule has 0 bridgehead atoms. The van der Waals surface area contributed by atoms with Crippen molar-refractivity contribution < 1.29 is 28.3 Å². The van der Waals surface area contributed by atoms with E-state index < -0.39 is 11.8 Å². The number of nitrogens with zero attached hydrogens (tertiary/aromatic N) is 1. The number of aromatic nitrogens is 1. The summed E-state index contributed by atoms with van der Waals surface area (Å²) in [5.41, 5.74) is 2.70. The van der Waals surface area contributed by atoms with Crippen molar-refractivity contribution in [3.63, 3.8) is 0 Å². The van der Waals surface area contributed by atoms with Gasteiger partial charge in [-0.2, -0.15) is 0 Å². The summed E-state index contributed by atoms with van der Waals surface area (Å²) >= 11 is 0.